The normalized spacial score (nSPS) is 11.6. The van der Waals surface area contributed by atoms with Gasteiger partial charge < -0.3 is 0 Å². The average Bonchev–Trinajstić information content (AvgIpc) is 3.54. The van der Waals surface area contributed by atoms with Crippen molar-refractivity contribution >= 4 is 50.6 Å². The Balaban J connectivity index is 1.38. The molecule has 9 rings (SSSR count). The van der Waals surface area contributed by atoms with Crippen molar-refractivity contribution in [2.45, 2.75) is 0 Å². The van der Waals surface area contributed by atoms with Gasteiger partial charge in [0.25, 0.3) is 0 Å². The Morgan fingerprint density at radius 1 is 0.340 bits per heavy atom. The van der Waals surface area contributed by atoms with Crippen LogP contribution in [0.1, 0.15) is 0 Å². The molecular formula is C45H32N4Si. The van der Waals surface area contributed by atoms with Gasteiger partial charge in [-0.1, -0.05) is 182 Å². The van der Waals surface area contributed by atoms with Crippen LogP contribution in [0, 0.1) is 0 Å². The van der Waals surface area contributed by atoms with Crippen LogP contribution in [-0.2, 0) is 0 Å². The summed E-state index contributed by atoms with van der Waals surface area (Å²) in [5, 5.41) is 7.60. The number of nitrogens with zero attached hydrogens (tertiary/aromatic N) is 4. The zero-order valence-corrected chi connectivity index (χ0v) is 28.3. The maximum atomic E-state index is 5.19. The lowest BCUT2D eigenvalue weighted by atomic mass is 10.1. The summed E-state index contributed by atoms with van der Waals surface area (Å²) in [5.74, 6) is 1.86. The van der Waals surface area contributed by atoms with Crippen molar-refractivity contribution in [3.8, 4) is 28.7 Å². The number of hydrogen-bond donors (Lipinski definition) is 0. The number of fused-ring (bicyclic) bond motifs is 3. The highest BCUT2D eigenvalue weighted by molar-refractivity contribution is 7.20. The van der Waals surface area contributed by atoms with Crippen LogP contribution >= 0.6 is 0 Å². The third-order valence-electron chi connectivity index (χ3n) is 9.61. The lowest BCUT2D eigenvalue weighted by Crippen LogP contribution is -2.74. The molecule has 50 heavy (non-hydrogen) atoms. The quantitative estimate of drug-likeness (QED) is 0.131. The highest BCUT2D eigenvalue weighted by Gasteiger charge is 2.41. The summed E-state index contributed by atoms with van der Waals surface area (Å²) in [4.78, 5) is 15.4. The van der Waals surface area contributed by atoms with E-state index in [9.17, 15) is 0 Å². The molecule has 0 aliphatic heterocycles. The second-order valence-corrected chi connectivity index (χ2v) is 16.3. The first-order chi connectivity index (χ1) is 24.8. The molecule has 9 aromatic rings. The fourth-order valence-corrected chi connectivity index (χ4v) is 12.1. The zero-order chi connectivity index (χ0) is 33.3. The van der Waals surface area contributed by atoms with Crippen LogP contribution in [0.4, 0.5) is 0 Å². The van der Waals surface area contributed by atoms with E-state index in [1.807, 2.05) is 36.4 Å². The van der Waals surface area contributed by atoms with Gasteiger partial charge >= 0.3 is 0 Å². The van der Waals surface area contributed by atoms with Crippen LogP contribution in [0.5, 0.6) is 0 Å². The van der Waals surface area contributed by atoms with E-state index in [1.165, 1.54) is 20.7 Å². The molecule has 236 valence electrons. The predicted molar refractivity (Wildman–Crippen MR) is 209 cm³/mol. The van der Waals surface area contributed by atoms with Gasteiger partial charge in [-0.25, -0.2) is 4.98 Å². The van der Waals surface area contributed by atoms with Crippen molar-refractivity contribution in [1.82, 2.24) is 19.5 Å². The van der Waals surface area contributed by atoms with Gasteiger partial charge in [-0.15, -0.1) is 0 Å². The molecule has 0 radical (unpaired) electrons. The molecule has 0 N–H and O–H groups in total. The van der Waals surface area contributed by atoms with Gasteiger partial charge in [-0.2, -0.15) is 9.97 Å². The highest BCUT2D eigenvalue weighted by Crippen LogP contribution is 2.32. The molecule has 0 spiro atoms. The van der Waals surface area contributed by atoms with Gasteiger partial charge in [0.15, 0.2) is 19.7 Å². The topological polar surface area (TPSA) is 43.6 Å². The van der Waals surface area contributed by atoms with Crippen LogP contribution in [0.25, 0.3) is 50.5 Å². The van der Waals surface area contributed by atoms with Crippen LogP contribution in [0.2, 0.25) is 0 Å². The molecule has 0 atom stereocenters. The minimum Gasteiger partial charge on any atom is -0.278 e. The lowest BCUT2D eigenvalue weighted by Gasteiger charge is -2.34. The Morgan fingerprint density at radius 2 is 0.760 bits per heavy atom. The van der Waals surface area contributed by atoms with Crippen LogP contribution in [-0.4, -0.2) is 27.6 Å². The smallest absolute Gasteiger partial charge is 0.238 e. The van der Waals surface area contributed by atoms with E-state index in [1.54, 1.807) is 0 Å². The Morgan fingerprint density at radius 3 is 1.26 bits per heavy atom. The summed E-state index contributed by atoms with van der Waals surface area (Å²) in [6, 6.07) is 69.1. The van der Waals surface area contributed by atoms with E-state index >= 15 is 0 Å². The van der Waals surface area contributed by atoms with E-state index < -0.39 is 8.07 Å². The average molecular weight is 657 g/mol. The summed E-state index contributed by atoms with van der Waals surface area (Å²) < 4.78 is 2.23. The molecule has 0 saturated heterocycles. The van der Waals surface area contributed by atoms with E-state index in [2.05, 4.69) is 162 Å². The molecule has 0 amide bonds. The zero-order valence-electron chi connectivity index (χ0n) is 27.3. The predicted octanol–water partition coefficient (Wildman–Crippen LogP) is 7.68. The first-order valence-corrected chi connectivity index (χ1v) is 18.9. The van der Waals surface area contributed by atoms with E-state index in [-0.39, 0.29) is 0 Å². The van der Waals surface area contributed by atoms with Crippen LogP contribution < -0.4 is 20.7 Å². The fraction of sp³-hybridized carbons (Fsp3) is 0. The van der Waals surface area contributed by atoms with Crippen molar-refractivity contribution in [2.75, 3.05) is 0 Å². The summed E-state index contributed by atoms with van der Waals surface area (Å²) >= 11 is 0. The first kappa shape index (κ1) is 29.7. The van der Waals surface area contributed by atoms with Gasteiger partial charge in [0.05, 0.1) is 11.0 Å². The summed E-state index contributed by atoms with van der Waals surface area (Å²) in [6.07, 6.45) is 0. The number of hydrogen-bond acceptors (Lipinski definition) is 3. The Bertz CT molecular complexity index is 2420. The number of rotatable bonds is 7. The van der Waals surface area contributed by atoms with E-state index in [0.29, 0.717) is 17.6 Å². The van der Waals surface area contributed by atoms with Crippen molar-refractivity contribution in [3.63, 3.8) is 0 Å². The Hall–Kier alpha value is -6.43. The van der Waals surface area contributed by atoms with Gasteiger partial charge in [0, 0.05) is 21.9 Å². The third kappa shape index (κ3) is 4.95. The molecule has 7 aromatic carbocycles. The fourth-order valence-electron chi connectivity index (χ4n) is 7.38. The number of para-hydroxylation sites is 1. The summed E-state index contributed by atoms with van der Waals surface area (Å²) in [6.45, 7) is 0. The summed E-state index contributed by atoms with van der Waals surface area (Å²) in [5.41, 5.74) is 4.00. The van der Waals surface area contributed by atoms with Crippen molar-refractivity contribution in [3.05, 3.63) is 194 Å². The van der Waals surface area contributed by atoms with E-state index in [0.717, 1.165) is 32.9 Å². The van der Waals surface area contributed by atoms with Crippen molar-refractivity contribution < 1.29 is 0 Å². The summed E-state index contributed by atoms with van der Waals surface area (Å²) in [7, 11) is -2.78. The molecule has 2 heterocycles. The number of aromatic nitrogens is 4. The second-order valence-electron chi connectivity index (χ2n) is 12.4. The SMILES string of the molecule is c1ccc(-c2nc(-c3ccccc3)nc(-n3c4ccccc4c4ccc([Si](c5ccccc5)(c5ccccc5)c5ccccc5)cc43)n2)cc1. The Labute approximate surface area is 292 Å². The highest BCUT2D eigenvalue weighted by atomic mass is 28.3. The van der Waals surface area contributed by atoms with Crippen molar-refractivity contribution in [1.29, 1.82) is 0 Å². The minimum absolute atomic E-state index is 0.590. The largest absolute Gasteiger partial charge is 0.278 e. The number of benzene rings is 7. The second kappa shape index (κ2) is 12.5. The third-order valence-corrected chi connectivity index (χ3v) is 14.4. The van der Waals surface area contributed by atoms with Gasteiger partial charge in [0.1, 0.15) is 0 Å². The molecule has 4 nitrogen and oxygen atoms in total. The molecule has 0 bridgehead atoms. The van der Waals surface area contributed by atoms with Gasteiger partial charge in [-0.05, 0) is 32.9 Å². The molecule has 5 heteroatoms. The first-order valence-electron chi connectivity index (χ1n) is 16.9. The molecule has 0 aliphatic carbocycles. The van der Waals surface area contributed by atoms with Crippen LogP contribution in [0.3, 0.4) is 0 Å². The molecule has 0 saturated carbocycles. The molecule has 0 unspecified atom stereocenters. The maximum Gasteiger partial charge on any atom is 0.238 e. The monoisotopic (exact) mass is 656 g/mol. The maximum absolute atomic E-state index is 5.19. The molecule has 0 fully saturated rings. The standard InChI is InChI=1S/C45H32N4Si/c1-6-18-33(19-7-1)43-46-44(34-20-8-2-9-21-34)48-45(47-43)49-41-29-17-16-28-39(41)40-31-30-38(32-42(40)49)50(35-22-10-3-11-23-35,36-24-12-4-13-25-36)37-26-14-5-15-27-37/h1-32H. The minimum atomic E-state index is -2.78. The lowest BCUT2D eigenvalue weighted by molar-refractivity contribution is 0.953. The molecule has 2 aromatic heterocycles. The van der Waals surface area contributed by atoms with Gasteiger partial charge in [-0.3, -0.25) is 4.57 Å². The molecule has 0 aliphatic rings. The van der Waals surface area contributed by atoms with E-state index in [4.69, 9.17) is 15.0 Å². The van der Waals surface area contributed by atoms with Gasteiger partial charge in [0.2, 0.25) is 5.95 Å². The van der Waals surface area contributed by atoms with Crippen molar-refractivity contribution in [2.24, 2.45) is 0 Å². The Kier molecular flexibility index (Phi) is 7.45. The van der Waals surface area contributed by atoms with Crippen LogP contribution in [0.15, 0.2) is 194 Å². The molecular weight excluding hydrogens is 625 g/mol.